The van der Waals surface area contributed by atoms with E-state index in [9.17, 15) is 9.59 Å². The number of ketones is 1. The molecule has 1 amide bonds. The molecule has 1 heterocycles. The minimum atomic E-state index is -0.174. The highest BCUT2D eigenvalue weighted by molar-refractivity contribution is 6.00. The first kappa shape index (κ1) is 20.0. The molecule has 1 aromatic heterocycles. The summed E-state index contributed by atoms with van der Waals surface area (Å²) in [6.07, 6.45) is 4.78. The van der Waals surface area contributed by atoms with Crippen LogP contribution in [0.25, 0.3) is 11.4 Å². The number of benzene rings is 2. The van der Waals surface area contributed by atoms with Crippen LogP contribution in [0.15, 0.2) is 48.5 Å². The zero-order valence-electron chi connectivity index (χ0n) is 17.1. The van der Waals surface area contributed by atoms with E-state index < -0.39 is 0 Å². The van der Waals surface area contributed by atoms with Gasteiger partial charge in [-0.3, -0.25) is 14.7 Å². The van der Waals surface area contributed by atoms with E-state index in [1.165, 1.54) is 18.4 Å². The van der Waals surface area contributed by atoms with Crippen molar-refractivity contribution < 1.29 is 9.59 Å². The van der Waals surface area contributed by atoms with Crippen LogP contribution >= 0.6 is 0 Å². The predicted octanol–water partition coefficient (Wildman–Crippen LogP) is 4.90. The van der Waals surface area contributed by atoms with Crippen molar-refractivity contribution in [3.8, 4) is 11.4 Å². The van der Waals surface area contributed by atoms with Crippen LogP contribution in [-0.4, -0.2) is 26.9 Å². The van der Waals surface area contributed by atoms with E-state index in [1.54, 1.807) is 0 Å². The Morgan fingerprint density at radius 3 is 2.43 bits per heavy atom. The summed E-state index contributed by atoms with van der Waals surface area (Å²) in [4.78, 5) is 29.1. The number of carbonyl (C=O) groups is 2. The number of anilines is 1. The molecular formula is C24H26N4O2. The number of Topliss-reactive ketones (excluding diaryl/α,β-unsaturated/α-hetero) is 1. The van der Waals surface area contributed by atoms with Crippen molar-refractivity contribution >= 4 is 17.4 Å². The van der Waals surface area contributed by atoms with E-state index in [-0.39, 0.29) is 24.5 Å². The molecule has 1 saturated carbocycles. The highest BCUT2D eigenvalue weighted by atomic mass is 16.2. The Bertz CT molecular complexity index is 1020. The van der Waals surface area contributed by atoms with Gasteiger partial charge in [0.15, 0.2) is 11.6 Å². The molecule has 0 bridgehead atoms. The van der Waals surface area contributed by atoms with Crippen molar-refractivity contribution in [2.75, 3.05) is 5.32 Å². The van der Waals surface area contributed by atoms with E-state index in [0.29, 0.717) is 23.0 Å². The Kier molecular flexibility index (Phi) is 6.02. The van der Waals surface area contributed by atoms with Gasteiger partial charge in [-0.25, -0.2) is 4.98 Å². The molecule has 0 saturated heterocycles. The number of hydrogen-bond donors (Lipinski definition) is 2. The molecule has 2 N–H and O–H groups in total. The predicted molar refractivity (Wildman–Crippen MR) is 116 cm³/mol. The summed E-state index contributed by atoms with van der Waals surface area (Å²) in [5.41, 5.74) is 3.48. The number of carbonyl (C=O) groups excluding carboxylic acids is 2. The van der Waals surface area contributed by atoms with Gasteiger partial charge >= 0.3 is 0 Å². The number of nitrogens with zero attached hydrogens (tertiary/aromatic N) is 2. The minimum Gasteiger partial charge on any atom is -0.326 e. The largest absolute Gasteiger partial charge is 0.326 e. The zero-order valence-corrected chi connectivity index (χ0v) is 17.1. The molecule has 0 radical (unpaired) electrons. The molecule has 1 aliphatic rings. The van der Waals surface area contributed by atoms with Crippen molar-refractivity contribution in [3.63, 3.8) is 0 Å². The Balaban J connectivity index is 1.27. The lowest BCUT2D eigenvalue weighted by molar-refractivity contribution is -0.116. The second kappa shape index (κ2) is 9.03. The molecule has 0 unspecified atom stereocenters. The smallest absolute Gasteiger partial charge is 0.224 e. The molecule has 1 aliphatic carbocycles. The summed E-state index contributed by atoms with van der Waals surface area (Å²) >= 11 is 0. The molecule has 30 heavy (non-hydrogen) atoms. The zero-order chi connectivity index (χ0) is 20.9. The van der Waals surface area contributed by atoms with Gasteiger partial charge < -0.3 is 5.32 Å². The molecule has 1 fully saturated rings. The maximum atomic E-state index is 12.3. The van der Waals surface area contributed by atoms with Crippen LogP contribution in [0.3, 0.4) is 0 Å². The van der Waals surface area contributed by atoms with Gasteiger partial charge in [0.25, 0.3) is 0 Å². The normalized spacial score (nSPS) is 13.2. The minimum absolute atomic E-state index is 0.0142. The molecule has 154 valence electrons. The van der Waals surface area contributed by atoms with Gasteiger partial charge in [-0.1, -0.05) is 37.6 Å². The van der Waals surface area contributed by atoms with Gasteiger partial charge in [-0.2, -0.15) is 5.10 Å². The third kappa shape index (κ3) is 5.00. The molecule has 3 aromatic rings. The van der Waals surface area contributed by atoms with Crippen molar-refractivity contribution in [1.29, 1.82) is 0 Å². The number of amides is 1. The highest BCUT2D eigenvalue weighted by Crippen LogP contribution is 2.38. The number of nitrogens with one attached hydrogen (secondary N) is 2. The number of aryl methyl sites for hydroxylation is 1. The van der Waals surface area contributed by atoms with E-state index in [2.05, 4.69) is 27.4 Å². The van der Waals surface area contributed by atoms with Gasteiger partial charge in [-0.05, 0) is 49.1 Å². The number of H-pyrrole nitrogens is 1. The average molecular weight is 402 g/mol. The number of aromatic amines is 1. The third-order valence-corrected chi connectivity index (χ3v) is 5.29. The molecule has 0 atom stereocenters. The average Bonchev–Trinajstić information content (AvgIpc) is 3.50. The summed E-state index contributed by atoms with van der Waals surface area (Å²) in [6.45, 7) is 2.13. The molecule has 6 heteroatoms. The Hall–Kier alpha value is -3.28. The fraction of sp³-hybridized carbons (Fsp3) is 0.333. The van der Waals surface area contributed by atoms with Crippen molar-refractivity contribution in [3.05, 3.63) is 65.5 Å². The molecule has 2 aromatic carbocycles. The van der Waals surface area contributed by atoms with Crippen LogP contribution in [0.5, 0.6) is 0 Å². The molecule has 0 spiro atoms. The van der Waals surface area contributed by atoms with Crippen LogP contribution in [0.1, 0.15) is 66.7 Å². The van der Waals surface area contributed by atoms with Crippen LogP contribution in [0, 0.1) is 0 Å². The number of rotatable bonds is 9. The van der Waals surface area contributed by atoms with Gasteiger partial charge in [0.2, 0.25) is 5.91 Å². The van der Waals surface area contributed by atoms with E-state index in [1.807, 2.05) is 48.5 Å². The first-order valence-corrected chi connectivity index (χ1v) is 10.6. The maximum Gasteiger partial charge on any atom is 0.224 e. The molecule has 6 nitrogen and oxygen atoms in total. The van der Waals surface area contributed by atoms with Gasteiger partial charge in [-0.15, -0.1) is 0 Å². The van der Waals surface area contributed by atoms with Crippen LogP contribution in [0.4, 0.5) is 5.69 Å². The topological polar surface area (TPSA) is 87.7 Å². The van der Waals surface area contributed by atoms with Crippen LogP contribution in [-0.2, 0) is 11.2 Å². The number of aromatic nitrogens is 3. The highest BCUT2D eigenvalue weighted by Gasteiger charge is 2.27. The van der Waals surface area contributed by atoms with Crippen LogP contribution in [0.2, 0.25) is 0 Å². The van der Waals surface area contributed by atoms with Gasteiger partial charge in [0, 0.05) is 35.6 Å². The van der Waals surface area contributed by atoms with E-state index >= 15 is 0 Å². The molecule has 4 rings (SSSR count). The van der Waals surface area contributed by atoms with Gasteiger partial charge in [0.1, 0.15) is 5.82 Å². The second-order valence-corrected chi connectivity index (χ2v) is 7.81. The van der Waals surface area contributed by atoms with Crippen molar-refractivity contribution in [2.45, 2.75) is 51.4 Å². The quantitative estimate of drug-likeness (QED) is 0.498. The SMILES string of the molecule is CCCc1ccc(C(=O)CCC(=O)Nc2ccc(-c3n[nH]c(C4CC4)n3)cc2)cc1. The monoisotopic (exact) mass is 402 g/mol. The molecular weight excluding hydrogens is 376 g/mol. The Labute approximate surface area is 176 Å². The summed E-state index contributed by atoms with van der Waals surface area (Å²) in [5.74, 6) is 1.96. The fourth-order valence-corrected chi connectivity index (χ4v) is 3.39. The third-order valence-electron chi connectivity index (χ3n) is 5.29. The fourth-order valence-electron chi connectivity index (χ4n) is 3.39. The van der Waals surface area contributed by atoms with Crippen LogP contribution < -0.4 is 5.32 Å². The lowest BCUT2D eigenvalue weighted by atomic mass is 10.0. The van der Waals surface area contributed by atoms with E-state index in [4.69, 9.17) is 0 Å². The Morgan fingerprint density at radius 2 is 1.77 bits per heavy atom. The lowest BCUT2D eigenvalue weighted by Gasteiger charge is -2.06. The maximum absolute atomic E-state index is 12.3. The summed E-state index contributed by atoms with van der Waals surface area (Å²) < 4.78 is 0. The molecule has 0 aliphatic heterocycles. The summed E-state index contributed by atoms with van der Waals surface area (Å²) in [5, 5.41) is 10.1. The first-order chi connectivity index (χ1) is 14.6. The Morgan fingerprint density at radius 1 is 1.03 bits per heavy atom. The second-order valence-electron chi connectivity index (χ2n) is 7.81. The summed E-state index contributed by atoms with van der Waals surface area (Å²) in [6, 6.07) is 15.1. The number of hydrogen-bond acceptors (Lipinski definition) is 4. The first-order valence-electron chi connectivity index (χ1n) is 10.6. The lowest BCUT2D eigenvalue weighted by Crippen LogP contribution is -2.13. The van der Waals surface area contributed by atoms with Gasteiger partial charge in [0.05, 0.1) is 0 Å². The van der Waals surface area contributed by atoms with E-state index in [0.717, 1.165) is 24.2 Å². The van der Waals surface area contributed by atoms with Crippen molar-refractivity contribution in [2.24, 2.45) is 0 Å². The standard InChI is InChI=1S/C24H26N4O2/c1-2-3-16-4-6-17(7-5-16)21(29)14-15-22(30)25-20-12-10-19(11-13-20)24-26-23(27-28-24)18-8-9-18/h4-7,10-13,18H,2-3,8-9,14-15H2,1H3,(H,25,30)(H,26,27,28). The summed E-state index contributed by atoms with van der Waals surface area (Å²) in [7, 11) is 0. The van der Waals surface area contributed by atoms with Crippen molar-refractivity contribution in [1.82, 2.24) is 15.2 Å².